The van der Waals surface area contributed by atoms with E-state index in [1.807, 2.05) is 24.5 Å². The van der Waals surface area contributed by atoms with Gasteiger partial charge in [0.1, 0.15) is 26.0 Å². The summed E-state index contributed by atoms with van der Waals surface area (Å²) in [6.45, 7) is 10.6. The van der Waals surface area contributed by atoms with Gasteiger partial charge < -0.3 is 9.45 Å². The van der Waals surface area contributed by atoms with Crippen LogP contribution in [0.4, 0.5) is 5.69 Å². The first-order valence-electron chi connectivity index (χ1n) is 17.1. The van der Waals surface area contributed by atoms with Gasteiger partial charge in [-0.2, -0.15) is 4.57 Å². The second-order valence-electron chi connectivity index (χ2n) is 12.2. The summed E-state index contributed by atoms with van der Waals surface area (Å²) < 4.78 is 38.5. The number of anilines is 1. The van der Waals surface area contributed by atoms with Gasteiger partial charge in [-0.05, 0) is 74.9 Å². The third-order valence-electron chi connectivity index (χ3n) is 9.06. The van der Waals surface area contributed by atoms with Crippen LogP contribution in [0, 0.1) is 6.92 Å². The normalized spacial score (nSPS) is 14.5. The maximum absolute atomic E-state index is 13.5. The van der Waals surface area contributed by atoms with E-state index >= 15 is 0 Å². The van der Waals surface area contributed by atoms with E-state index in [4.69, 9.17) is 0 Å². The number of aromatic nitrogens is 2. The molecule has 2 aromatic heterocycles. The number of thioether (sulfide) groups is 1. The Balaban J connectivity index is 0.000000329. The van der Waals surface area contributed by atoms with Gasteiger partial charge in [0.15, 0.2) is 0 Å². The van der Waals surface area contributed by atoms with E-state index in [9.17, 15) is 17.8 Å². The fourth-order valence-electron chi connectivity index (χ4n) is 6.49. The summed E-state index contributed by atoms with van der Waals surface area (Å²) in [6, 6.07) is 31.7. The first kappa shape index (κ1) is 35.9. The predicted molar refractivity (Wildman–Crippen MR) is 217 cm³/mol. The molecule has 8 rings (SSSR count). The Hall–Kier alpha value is -4.52. The first-order chi connectivity index (χ1) is 25.1. The molecule has 1 aliphatic heterocycles. The van der Waals surface area contributed by atoms with Crippen LogP contribution in [0.5, 0.6) is 0 Å². The molecule has 0 atom stereocenters. The Bertz CT molecular complexity index is 2800. The molecule has 7 nitrogen and oxygen atoms in total. The SMILES string of the molecule is CCN1/C(=C/C=c2\s/c(=C\c3sc4c5ccccc5ccc4[n+]3CC)n(CC)c2=O)Sc2ccc3ccccc3c21.Cc1ccc(S(=O)(=O)[O-])cc1. The molecule has 7 aromatic rings. The van der Waals surface area contributed by atoms with Crippen LogP contribution >= 0.6 is 34.4 Å². The third kappa shape index (κ3) is 6.87. The van der Waals surface area contributed by atoms with Gasteiger partial charge in [-0.3, -0.25) is 9.36 Å². The quantitative estimate of drug-likeness (QED) is 0.127. The lowest BCUT2D eigenvalue weighted by Crippen LogP contribution is -2.35. The van der Waals surface area contributed by atoms with E-state index in [2.05, 4.69) is 108 Å². The maximum atomic E-state index is 13.5. The van der Waals surface area contributed by atoms with Gasteiger partial charge in [-0.15, -0.1) is 11.3 Å². The van der Waals surface area contributed by atoms with Crippen molar-refractivity contribution in [2.75, 3.05) is 11.4 Å². The lowest BCUT2D eigenvalue weighted by atomic mass is 10.1. The molecule has 3 heterocycles. The highest BCUT2D eigenvalue weighted by atomic mass is 32.2. The van der Waals surface area contributed by atoms with Crippen molar-refractivity contribution in [1.29, 1.82) is 0 Å². The molecule has 5 aromatic carbocycles. The predicted octanol–water partition coefficient (Wildman–Crippen LogP) is 7.74. The Morgan fingerprint density at radius 3 is 2.13 bits per heavy atom. The Morgan fingerprint density at radius 1 is 0.788 bits per heavy atom. The molecule has 0 amide bonds. The van der Waals surface area contributed by atoms with Gasteiger partial charge in [0, 0.05) is 34.8 Å². The molecule has 0 unspecified atom stereocenters. The number of hydrogen-bond donors (Lipinski definition) is 0. The van der Waals surface area contributed by atoms with Gasteiger partial charge in [0.2, 0.25) is 5.52 Å². The van der Waals surface area contributed by atoms with Crippen LogP contribution in [0.3, 0.4) is 0 Å². The molecule has 0 spiro atoms. The van der Waals surface area contributed by atoms with Gasteiger partial charge in [-0.1, -0.05) is 95.4 Å². The van der Waals surface area contributed by atoms with Crippen molar-refractivity contribution in [3.05, 3.63) is 138 Å². The zero-order chi connectivity index (χ0) is 36.6. The number of allylic oxidation sites excluding steroid dienone is 1. The largest absolute Gasteiger partial charge is 0.744 e. The number of thiazole rings is 2. The molecule has 0 saturated carbocycles. The van der Waals surface area contributed by atoms with E-state index in [1.165, 1.54) is 54.5 Å². The highest BCUT2D eigenvalue weighted by molar-refractivity contribution is 8.03. The first-order valence-corrected chi connectivity index (χ1v) is 20.9. The molecule has 0 bridgehead atoms. The number of fused-ring (bicyclic) bond motifs is 6. The number of aryl methyl sites for hydroxylation is 2. The lowest BCUT2D eigenvalue weighted by molar-refractivity contribution is -0.665. The number of nitrogens with zero attached hydrogens (tertiary/aromatic N) is 3. The second kappa shape index (κ2) is 14.8. The summed E-state index contributed by atoms with van der Waals surface area (Å²) in [7, 11) is -4.27. The van der Waals surface area contributed by atoms with Crippen LogP contribution in [0.25, 0.3) is 43.9 Å². The molecular weight excluding hydrogens is 727 g/mol. The number of rotatable bonds is 6. The van der Waals surface area contributed by atoms with Crippen LogP contribution < -0.4 is 24.2 Å². The standard InChI is InChI=1S/C34H30N3OS3.C7H8O3S/c1-4-35-26-17-15-23-12-8-10-14-25(23)33(26)41-30(35)21-31-37(6-3)34(38)28(40-31)19-20-29-36(5-2)32-24-13-9-7-11-22(24)16-18-27(32)39-29;1-6-2-4-7(5-3-6)11(8,9)10/h7-21H,4-6H2,1-3H3;2-5H,1H3,(H,8,9,10)/q+1;/p-1/b28-19-,29-20-;. The molecular formula is C41H37N3O4S4. The number of benzene rings is 5. The fourth-order valence-corrected chi connectivity index (χ4v) is 10.5. The summed E-state index contributed by atoms with van der Waals surface area (Å²) in [4.78, 5) is 17.0. The van der Waals surface area contributed by atoms with Crippen molar-refractivity contribution in [1.82, 2.24) is 4.57 Å². The molecule has 1 aliphatic rings. The minimum absolute atomic E-state index is 0.0734. The molecule has 11 heteroatoms. The maximum Gasteiger partial charge on any atom is 0.269 e. The highest BCUT2D eigenvalue weighted by Crippen LogP contribution is 2.49. The molecule has 0 N–H and O–H groups in total. The highest BCUT2D eigenvalue weighted by Gasteiger charge is 2.26. The van der Waals surface area contributed by atoms with Gasteiger partial charge in [0.25, 0.3) is 10.6 Å². The van der Waals surface area contributed by atoms with E-state index < -0.39 is 10.1 Å². The topological polar surface area (TPSA) is 86.3 Å². The molecule has 264 valence electrons. The average molecular weight is 764 g/mol. The smallest absolute Gasteiger partial charge is 0.269 e. The summed E-state index contributed by atoms with van der Waals surface area (Å²) >= 11 is 5.16. The minimum Gasteiger partial charge on any atom is -0.744 e. The molecule has 0 fully saturated rings. The monoisotopic (exact) mass is 763 g/mol. The van der Waals surface area contributed by atoms with Gasteiger partial charge in [0.05, 0.1) is 26.2 Å². The van der Waals surface area contributed by atoms with Crippen molar-refractivity contribution in [2.45, 2.75) is 50.6 Å². The van der Waals surface area contributed by atoms with Crippen molar-refractivity contribution < 1.29 is 17.5 Å². The van der Waals surface area contributed by atoms with Crippen LogP contribution in [0.2, 0.25) is 0 Å². The molecule has 0 aliphatic carbocycles. The summed E-state index contributed by atoms with van der Waals surface area (Å²) in [5.74, 6) is 0. The average Bonchev–Trinajstić information content (AvgIpc) is 3.80. The van der Waals surface area contributed by atoms with Crippen LogP contribution in [0.1, 0.15) is 31.3 Å². The molecule has 0 saturated heterocycles. The van der Waals surface area contributed by atoms with Gasteiger partial charge in [-0.25, -0.2) is 8.42 Å². The summed E-state index contributed by atoms with van der Waals surface area (Å²) in [5.41, 5.74) is 3.51. The summed E-state index contributed by atoms with van der Waals surface area (Å²) in [5, 5.41) is 7.37. The van der Waals surface area contributed by atoms with Crippen molar-refractivity contribution >= 4 is 94.2 Å². The van der Waals surface area contributed by atoms with Crippen LogP contribution in [0.15, 0.2) is 123 Å². The Labute approximate surface area is 314 Å². The molecule has 52 heavy (non-hydrogen) atoms. The van der Waals surface area contributed by atoms with E-state index in [-0.39, 0.29) is 10.5 Å². The number of hydrogen-bond acceptors (Lipinski definition) is 8. The van der Waals surface area contributed by atoms with Gasteiger partial charge >= 0.3 is 0 Å². The van der Waals surface area contributed by atoms with Crippen molar-refractivity contribution in [2.24, 2.45) is 0 Å². The van der Waals surface area contributed by atoms with E-state index in [1.54, 1.807) is 46.6 Å². The van der Waals surface area contributed by atoms with Crippen LogP contribution in [-0.2, 0) is 23.2 Å². The Kier molecular flexibility index (Phi) is 10.2. The fraction of sp³-hybridized carbons (Fsp3) is 0.171. The zero-order valence-corrected chi connectivity index (χ0v) is 32.5. The Morgan fingerprint density at radius 2 is 1.46 bits per heavy atom. The zero-order valence-electron chi connectivity index (χ0n) is 29.2. The van der Waals surface area contributed by atoms with Crippen LogP contribution in [-0.4, -0.2) is 24.1 Å². The minimum atomic E-state index is -4.27. The third-order valence-corrected chi connectivity index (χ3v) is 13.3. The summed E-state index contributed by atoms with van der Waals surface area (Å²) in [6.07, 6.45) is 6.34. The lowest BCUT2D eigenvalue weighted by Gasteiger charge is -2.19. The van der Waals surface area contributed by atoms with E-state index in [0.29, 0.717) is 6.54 Å². The second-order valence-corrected chi connectivity index (χ2v) is 16.8. The molecule has 0 radical (unpaired) electrons. The van der Waals surface area contributed by atoms with Crippen molar-refractivity contribution in [3.63, 3.8) is 0 Å². The van der Waals surface area contributed by atoms with E-state index in [0.717, 1.165) is 37.9 Å². The van der Waals surface area contributed by atoms with Crippen molar-refractivity contribution in [3.8, 4) is 0 Å².